The van der Waals surface area contributed by atoms with Crippen LogP contribution in [0.3, 0.4) is 0 Å². The van der Waals surface area contributed by atoms with Crippen molar-refractivity contribution in [3.05, 3.63) is 46.5 Å². The largest absolute Gasteiger partial charge is 0.384 e. The molecule has 1 saturated carbocycles. The lowest BCUT2D eigenvalue weighted by atomic mass is 9.92. The number of hydrogen-bond acceptors (Lipinski definition) is 3. The average molecular weight is 322 g/mol. The van der Waals surface area contributed by atoms with Gasteiger partial charge in [-0.1, -0.05) is 28.1 Å². The van der Waals surface area contributed by atoms with Crippen LogP contribution in [-0.4, -0.2) is 28.5 Å². The van der Waals surface area contributed by atoms with Gasteiger partial charge in [-0.05, 0) is 24.1 Å². The van der Waals surface area contributed by atoms with E-state index in [0.717, 1.165) is 23.3 Å². The molecule has 1 aliphatic rings. The van der Waals surface area contributed by atoms with Crippen LogP contribution in [0.15, 0.2) is 35.1 Å². The number of aryl methyl sites for hydroxylation is 1. The number of methoxy groups -OCH3 is 1. The van der Waals surface area contributed by atoms with Crippen molar-refractivity contribution in [3.8, 4) is 0 Å². The van der Waals surface area contributed by atoms with Crippen molar-refractivity contribution < 1.29 is 4.74 Å². The van der Waals surface area contributed by atoms with Crippen molar-refractivity contribution in [1.29, 1.82) is 0 Å². The van der Waals surface area contributed by atoms with Crippen LogP contribution in [0, 0.1) is 5.92 Å². The normalized spacial score (nSPS) is 25.5. The standard InChI is InChI=1S/C14H16BrN3O/c1-18-9-16-17-13(18)14(7-11(14)8-19-2)10-4-3-5-12(15)6-10/h3-6,9,11H,7-8H2,1-2H3. The van der Waals surface area contributed by atoms with Crippen LogP contribution in [0.2, 0.25) is 0 Å². The van der Waals surface area contributed by atoms with Gasteiger partial charge in [0.1, 0.15) is 12.2 Å². The van der Waals surface area contributed by atoms with Crippen LogP contribution in [0.5, 0.6) is 0 Å². The Balaban J connectivity index is 2.07. The van der Waals surface area contributed by atoms with Crippen LogP contribution in [0.1, 0.15) is 17.8 Å². The van der Waals surface area contributed by atoms with Crippen molar-refractivity contribution >= 4 is 15.9 Å². The second-order valence-electron chi connectivity index (χ2n) is 5.10. The number of ether oxygens (including phenoxy) is 1. The molecule has 1 fully saturated rings. The summed E-state index contributed by atoms with van der Waals surface area (Å²) in [5.41, 5.74) is 1.23. The summed E-state index contributed by atoms with van der Waals surface area (Å²) < 4.78 is 8.44. The van der Waals surface area contributed by atoms with Gasteiger partial charge < -0.3 is 9.30 Å². The second kappa shape index (κ2) is 4.72. The van der Waals surface area contributed by atoms with Gasteiger partial charge in [-0.15, -0.1) is 10.2 Å². The smallest absolute Gasteiger partial charge is 0.143 e. The van der Waals surface area contributed by atoms with E-state index < -0.39 is 0 Å². The van der Waals surface area contributed by atoms with Gasteiger partial charge in [0.15, 0.2) is 0 Å². The summed E-state index contributed by atoms with van der Waals surface area (Å²) in [5, 5.41) is 8.36. The number of aromatic nitrogens is 3. The Bertz CT molecular complexity index is 598. The summed E-state index contributed by atoms with van der Waals surface area (Å²) in [7, 11) is 3.75. The van der Waals surface area contributed by atoms with Crippen molar-refractivity contribution in [3.63, 3.8) is 0 Å². The fourth-order valence-corrected chi connectivity index (χ4v) is 3.34. The molecule has 0 N–H and O–H groups in total. The highest BCUT2D eigenvalue weighted by Gasteiger charge is 2.59. The Hall–Kier alpha value is -1.20. The molecule has 0 saturated heterocycles. The van der Waals surface area contributed by atoms with Gasteiger partial charge >= 0.3 is 0 Å². The molecule has 1 aromatic carbocycles. The van der Waals surface area contributed by atoms with E-state index >= 15 is 0 Å². The van der Waals surface area contributed by atoms with E-state index in [1.54, 1.807) is 13.4 Å². The quantitative estimate of drug-likeness (QED) is 0.868. The number of hydrogen-bond donors (Lipinski definition) is 0. The SMILES string of the molecule is COCC1CC1(c1cccc(Br)c1)c1nncn1C. The maximum atomic E-state index is 5.34. The Morgan fingerprint density at radius 1 is 1.53 bits per heavy atom. The Morgan fingerprint density at radius 2 is 2.37 bits per heavy atom. The number of rotatable bonds is 4. The molecule has 1 heterocycles. The zero-order valence-electron chi connectivity index (χ0n) is 11.0. The minimum Gasteiger partial charge on any atom is -0.384 e. The highest BCUT2D eigenvalue weighted by molar-refractivity contribution is 9.10. The third-order valence-corrected chi connectivity index (χ3v) is 4.42. The predicted molar refractivity (Wildman–Crippen MR) is 75.9 cm³/mol. The monoisotopic (exact) mass is 321 g/mol. The highest BCUT2D eigenvalue weighted by Crippen LogP contribution is 2.58. The zero-order valence-corrected chi connectivity index (χ0v) is 12.6. The summed E-state index contributed by atoms with van der Waals surface area (Å²) >= 11 is 3.55. The fraction of sp³-hybridized carbons (Fsp3) is 0.429. The predicted octanol–water partition coefficient (Wildman–Crippen LogP) is 2.53. The summed E-state index contributed by atoms with van der Waals surface area (Å²) in [4.78, 5) is 0. The zero-order chi connectivity index (χ0) is 13.5. The third-order valence-electron chi connectivity index (χ3n) is 3.92. The summed E-state index contributed by atoms with van der Waals surface area (Å²) in [6, 6.07) is 8.45. The molecule has 3 rings (SSSR count). The Labute approximate surface area is 120 Å². The molecule has 100 valence electrons. The molecule has 2 atom stereocenters. The van der Waals surface area contributed by atoms with Gasteiger partial charge in [0.25, 0.3) is 0 Å². The maximum Gasteiger partial charge on any atom is 0.143 e. The van der Waals surface area contributed by atoms with Gasteiger partial charge in [-0.25, -0.2) is 0 Å². The number of nitrogens with zero attached hydrogens (tertiary/aromatic N) is 3. The molecule has 0 amide bonds. The van der Waals surface area contributed by atoms with E-state index in [2.05, 4.69) is 44.3 Å². The first-order valence-electron chi connectivity index (χ1n) is 6.28. The Morgan fingerprint density at radius 3 is 3.00 bits per heavy atom. The highest BCUT2D eigenvalue weighted by atomic mass is 79.9. The van der Waals surface area contributed by atoms with Crippen LogP contribution in [0.25, 0.3) is 0 Å². The summed E-state index contributed by atoms with van der Waals surface area (Å²) in [6.07, 6.45) is 2.82. The van der Waals surface area contributed by atoms with Gasteiger partial charge in [0, 0.05) is 24.5 Å². The maximum absolute atomic E-state index is 5.34. The molecular weight excluding hydrogens is 306 g/mol. The molecule has 0 bridgehead atoms. The van der Waals surface area contributed by atoms with Crippen LogP contribution >= 0.6 is 15.9 Å². The molecule has 5 heteroatoms. The molecule has 19 heavy (non-hydrogen) atoms. The third kappa shape index (κ3) is 2.01. The topological polar surface area (TPSA) is 39.9 Å². The van der Waals surface area contributed by atoms with Gasteiger partial charge in [0.05, 0.1) is 12.0 Å². The van der Waals surface area contributed by atoms with Crippen molar-refractivity contribution in [2.75, 3.05) is 13.7 Å². The molecule has 0 aliphatic heterocycles. The molecule has 4 nitrogen and oxygen atoms in total. The van der Waals surface area contributed by atoms with E-state index in [0.29, 0.717) is 5.92 Å². The lowest BCUT2D eigenvalue weighted by Crippen LogP contribution is -2.19. The number of benzene rings is 1. The van der Waals surface area contributed by atoms with Crippen LogP contribution in [-0.2, 0) is 17.2 Å². The van der Waals surface area contributed by atoms with Crippen LogP contribution in [0.4, 0.5) is 0 Å². The molecule has 2 aromatic rings. The van der Waals surface area contributed by atoms with E-state index in [1.165, 1.54) is 5.56 Å². The first-order valence-corrected chi connectivity index (χ1v) is 7.07. The van der Waals surface area contributed by atoms with Gasteiger partial charge in [-0.2, -0.15) is 0 Å². The van der Waals surface area contributed by atoms with Crippen molar-refractivity contribution in [2.45, 2.75) is 11.8 Å². The van der Waals surface area contributed by atoms with Crippen molar-refractivity contribution in [1.82, 2.24) is 14.8 Å². The van der Waals surface area contributed by atoms with E-state index in [9.17, 15) is 0 Å². The van der Waals surface area contributed by atoms with E-state index in [1.807, 2.05) is 17.7 Å². The summed E-state index contributed by atoms with van der Waals surface area (Å²) in [6.45, 7) is 0.749. The van der Waals surface area contributed by atoms with Crippen LogP contribution < -0.4 is 0 Å². The minimum absolute atomic E-state index is 0.0506. The number of halogens is 1. The Kier molecular flexibility index (Phi) is 3.19. The first-order chi connectivity index (χ1) is 9.18. The average Bonchev–Trinajstić information content (AvgIpc) is 2.94. The molecule has 1 aromatic heterocycles. The summed E-state index contributed by atoms with van der Waals surface area (Å²) in [5.74, 6) is 1.49. The first kappa shape index (κ1) is 12.8. The fourth-order valence-electron chi connectivity index (χ4n) is 2.94. The molecule has 2 unspecified atom stereocenters. The van der Waals surface area contributed by atoms with Gasteiger partial charge in [-0.3, -0.25) is 0 Å². The second-order valence-corrected chi connectivity index (χ2v) is 6.02. The van der Waals surface area contributed by atoms with E-state index in [-0.39, 0.29) is 5.41 Å². The lowest BCUT2D eigenvalue weighted by molar-refractivity contribution is 0.179. The molecular formula is C14H16BrN3O. The molecule has 0 radical (unpaired) electrons. The van der Waals surface area contributed by atoms with E-state index in [4.69, 9.17) is 4.74 Å². The lowest BCUT2D eigenvalue weighted by Gasteiger charge is -2.17. The van der Waals surface area contributed by atoms with Gasteiger partial charge in [0.2, 0.25) is 0 Å². The minimum atomic E-state index is -0.0506. The molecule has 0 spiro atoms. The molecule has 1 aliphatic carbocycles. The van der Waals surface area contributed by atoms with Crippen molar-refractivity contribution in [2.24, 2.45) is 13.0 Å².